The molecule has 0 aliphatic carbocycles. The van der Waals surface area contributed by atoms with E-state index in [0.717, 1.165) is 5.56 Å². The minimum atomic E-state index is -0.486. The number of hydrogen-bond acceptors (Lipinski definition) is 9. The van der Waals surface area contributed by atoms with E-state index in [4.69, 9.17) is 14.0 Å². The van der Waals surface area contributed by atoms with Gasteiger partial charge in [-0.1, -0.05) is 42.9 Å². The zero-order chi connectivity index (χ0) is 24.2. The summed E-state index contributed by atoms with van der Waals surface area (Å²) in [4.78, 5) is 34.3. The monoisotopic (exact) mass is 480 g/mol. The quantitative estimate of drug-likeness (QED) is 0.208. The fourth-order valence-corrected chi connectivity index (χ4v) is 4.25. The Balaban J connectivity index is 1.65. The third-order valence-corrected chi connectivity index (χ3v) is 5.97. The highest BCUT2D eigenvalue weighted by Gasteiger charge is 2.17. The van der Waals surface area contributed by atoms with Gasteiger partial charge in [-0.2, -0.15) is 4.98 Å². The van der Waals surface area contributed by atoms with Crippen LogP contribution < -0.4 is 10.3 Å². The maximum absolute atomic E-state index is 13.2. The number of nitrogens with zero attached hydrogens (tertiary/aromatic N) is 4. The van der Waals surface area contributed by atoms with Crippen LogP contribution in [0.3, 0.4) is 0 Å². The first-order chi connectivity index (χ1) is 16.4. The summed E-state index contributed by atoms with van der Waals surface area (Å²) in [5, 5.41) is 5.01. The van der Waals surface area contributed by atoms with Crippen LogP contribution in [0.25, 0.3) is 22.3 Å². The average Bonchev–Trinajstić information content (AvgIpc) is 3.33. The number of thioether (sulfide) groups is 1. The van der Waals surface area contributed by atoms with Crippen molar-refractivity contribution in [3.05, 3.63) is 64.3 Å². The van der Waals surface area contributed by atoms with Crippen LogP contribution >= 0.6 is 11.8 Å². The lowest BCUT2D eigenvalue weighted by molar-refractivity contribution is 0.0601. The number of aromatic nitrogens is 4. The standard InChI is InChI=1S/C24H24N4O5S/c1-14(2)12-28-22(29)18-9-8-16(23(30)32-4)11-19(18)25-24(28)34-13-20-26-21(27-33-20)15-6-5-7-17(10-15)31-3/h5-11,14H,12-13H2,1-4H3. The van der Waals surface area contributed by atoms with Gasteiger partial charge in [0.2, 0.25) is 11.7 Å². The van der Waals surface area contributed by atoms with Gasteiger partial charge in [0, 0.05) is 12.1 Å². The highest BCUT2D eigenvalue weighted by molar-refractivity contribution is 7.98. The fourth-order valence-electron chi connectivity index (χ4n) is 3.40. The molecule has 0 radical (unpaired) electrons. The maximum atomic E-state index is 13.2. The molecule has 0 amide bonds. The highest BCUT2D eigenvalue weighted by Crippen LogP contribution is 2.25. The minimum Gasteiger partial charge on any atom is -0.497 e. The number of benzene rings is 2. The molecule has 0 saturated heterocycles. The van der Waals surface area contributed by atoms with Crippen LogP contribution in [0.2, 0.25) is 0 Å². The number of ether oxygens (including phenoxy) is 2. The van der Waals surface area contributed by atoms with Crippen LogP contribution in [0.5, 0.6) is 5.75 Å². The van der Waals surface area contributed by atoms with Gasteiger partial charge in [-0.15, -0.1) is 0 Å². The first-order valence-corrected chi connectivity index (χ1v) is 11.6. The number of rotatable bonds is 8. The van der Waals surface area contributed by atoms with Gasteiger partial charge >= 0.3 is 5.97 Å². The molecule has 4 rings (SSSR count). The van der Waals surface area contributed by atoms with Gasteiger partial charge in [-0.3, -0.25) is 9.36 Å². The van der Waals surface area contributed by atoms with Crippen molar-refractivity contribution in [2.24, 2.45) is 5.92 Å². The molecule has 10 heteroatoms. The van der Waals surface area contributed by atoms with Gasteiger partial charge < -0.3 is 14.0 Å². The fraction of sp³-hybridized carbons (Fsp3) is 0.292. The van der Waals surface area contributed by atoms with Crippen molar-refractivity contribution in [1.82, 2.24) is 19.7 Å². The zero-order valence-electron chi connectivity index (χ0n) is 19.3. The Morgan fingerprint density at radius 1 is 1.15 bits per heavy atom. The zero-order valence-corrected chi connectivity index (χ0v) is 20.1. The van der Waals surface area contributed by atoms with Crippen molar-refractivity contribution in [1.29, 1.82) is 0 Å². The molecule has 4 aromatic rings. The van der Waals surface area contributed by atoms with Gasteiger partial charge in [-0.05, 0) is 36.2 Å². The van der Waals surface area contributed by atoms with Crippen molar-refractivity contribution >= 4 is 28.6 Å². The summed E-state index contributed by atoms with van der Waals surface area (Å²) >= 11 is 1.32. The Bertz CT molecular complexity index is 1400. The van der Waals surface area contributed by atoms with Gasteiger partial charge in [-0.25, -0.2) is 9.78 Å². The Morgan fingerprint density at radius 2 is 1.97 bits per heavy atom. The molecule has 2 heterocycles. The Morgan fingerprint density at radius 3 is 2.71 bits per heavy atom. The molecule has 2 aromatic carbocycles. The number of hydrogen-bond donors (Lipinski definition) is 0. The highest BCUT2D eigenvalue weighted by atomic mass is 32.2. The lowest BCUT2D eigenvalue weighted by Crippen LogP contribution is -2.25. The van der Waals surface area contributed by atoms with Crippen molar-refractivity contribution in [3.8, 4) is 17.1 Å². The summed E-state index contributed by atoms with van der Waals surface area (Å²) in [5.41, 5.74) is 1.37. The van der Waals surface area contributed by atoms with Gasteiger partial charge in [0.1, 0.15) is 5.75 Å². The molecule has 0 aliphatic heterocycles. The molecule has 0 unspecified atom stereocenters. The molecule has 34 heavy (non-hydrogen) atoms. The number of carbonyl (C=O) groups is 1. The second-order valence-corrected chi connectivity index (χ2v) is 8.90. The SMILES string of the molecule is COC(=O)c1ccc2c(=O)n(CC(C)C)c(SCc3nc(-c4cccc(OC)c4)no3)nc2c1. The van der Waals surface area contributed by atoms with Crippen LogP contribution in [-0.4, -0.2) is 39.9 Å². The molecule has 0 saturated carbocycles. The summed E-state index contributed by atoms with van der Waals surface area (Å²) in [6, 6.07) is 12.1. The largest absolute Gasteiger partial charge is 0.497 e. The van der Waals surface area contributed by atoms with E-state index < -0.39 is 5.97 Å². The molecule has 0 bridgehead atoms. The molecule has 0 fully saturated rings. The van der Waals surface area contributed by atoms with Crippen LogP contribution in [-0.2, 0) is 17.0 Å². The van der Waals surface area contributed by atoms with Crippen LogP contribution in [0.1, 0.15) is 30.1 Å². The van der Waals surface area contributed by atoms with Crippen LogP contribution in [0.4, 0.5) is 0 Å². The lowest BCUT2D eigenvalue weighted by atomic mass is 10.1. The van der Waals surface area contributed by atoms with Gasteiger partial charge in [0.15, 0.2) is 5.16 Å². The van der Waals surface area contributed by atoms with E-state index in [1.807, 2.05) is 38.1 Å². The van der Waals surface area contributed by atoms with Crippen LogP contribution in [0.15, 0.2) is 56.9 Å². The smallest absolute Gasteiger partial charge is 0.337 e. The summed E-state index contributed by atoms with van der Waals surface area (Å²) in [5.74, 6) is 1.61. The predicted molar refractivity (Wildman–Crippen MR) is 128 cm³/mol. The molecule has 9 nitrogen and oxygen atoms in total. The van der Waals surface area contributed by atoms with Crippen molar-refractivity contribution < 1.29 is 18.8 Å². The second-order valence-electron chi connectivity index (χ2n) is 7.96. The van der Waals surface area contributed by atoms with E-state index in [0.29, 0.717) is 51.4 Å². The third-order valence-electron chi connectivity index (χ3n) is 5.01. The molecule has 2 aromatic heterocycles. The van der Waals surface area contributed by atoms with E-state index in [1.165, 1.54) is 18.9 Å². The summed E-state index contributed by atoms with van der Waals surface area (Å²) in [6.07, 6.45) is 0. The van der Waals surface area contributed by atoms with Gasteiger partial charge in [0.05, 0.1) is 36.4 Å². The Hall–Kier alpha value is -3.66. The average molecular weight is 481 g/mol. The maximum Gasteiger partial charge on any atom is 0.337 e. The molecular formula is C24H24N4O5S. The molecule has 0 spiro atoms. The number of fused-ring (bicyclic) bond motifs is 1. The Kier molecular flexibility index (Phi) is 6.97. The summed E-state index contributed by atoms with van der Waals surface area (Å²) < 4.78 is 17.1. The lowest BCUT2D eigenvalue weighted by Gasteiger charge is -2.14. The Labute approximate surface area is 200 Å². The third kappa shape index (κ3) is 4.96. The molecular weight excluding hydrogens is 456 g/mol. The normalized spacial score (nSPS) is 11.2. The predicted octanol–water partition coefficient (Wildman–Crippen LogP) is 4.19. The van der Waals surface area contributed by atoms with E-state index >= 15 is 0 Å². The van der Waals surface area contributed by atoms with Crippen molar-refractivity contribution in [3.63, 3.8) is 0 Å². The van der Waals surface area contributed by atoms with E-state index in [9.17, 15) is 9.59 Å². The summed E-state index contributed by atoms with van der Waals surface area (Å²) in [6.45, 7) is 4.56. The number of methoxy groups -OCH3 is 2. The van der Waals surface area contributed by atoms with Crippen molar-refractivity contribution in [2.75, 3.05) is 14.2 Å². The number of esters is 1. The molecule has 0 atom stereocenters. The first kappa shape index (κ1) is 23.5. The van der Waals surface area contributed by atoms with E-state index in [2.05, 4.69) is 15.1 Å². The minimum absolute atomic E-state index is 0.166. The summed E-state index contributed by atoms with van der Waals surface area (Å²) in [7, 11) is 2.91. The van der Waals surface area contributed by atoms with E-state index in [-0.39, 0.29) is 11.5 Å². The van der Waals surface area contributed by atoms with Crippen LogP contribution in [0, 0.1) is 5.92 Å². The molecule has 0 aliphatic rings. The second kappa shape index (κ2) is 10.1. The topological polar surface area (TPSA) is 109 Å². The van der Waals surface area contributed by atoms with Crippen molar-refractivity contribution in [2.45, 2.75) is 31.3 Å². The van der Waals surface area contributed by atoms with E-state index in [1.54, 1.807) is 29.9 Å². The number of carbonyl (C=O) groups excluding carboxylic acids is 1. The van der Waals surface area contributed by atoms with Gasteiger partial charge in [0.25, 0.3) is 5.56 Å². The molecule has 176 valence electrons. The molecule has 0 N–H and O–H groups in total. The first-order valence-electron chi connectivity index (χ1n) is 10.6.